The molecule has 2 rings (SSSR count). The summed E-state index contributed by atoms with van der Waals surface area (Å²) in [5, 5.41) is 6.16. The topological polar surface area (TPSA) is 41.1 Å². The minimum absolute atomic E-state index is 0.00745. The van der Waals surface area contributed by atoms with E-state index in [0.29, 0.717) is 12.2 Å². The van der Waals surface area contributed by atoms with Crippen molar-refractivity contribution in [2.24, 2.45) is 5.41 Å². The zero-order chi connectivity index (χ0) is 13.9. The van der Waals surface area contributed by atoms with Gasteiger partial charge in [0.1, 0.15) is 5.82 Å². The summed E-state index contributed by atoms with van der Waals surface area (Å²) in [6.07, 6.45) is 2.68. The molecule has 1 aromatic carbocycles. The highest BCUT2D eigenvalue weighted by Gasteiger charge is 2.40. The first-order valence-electron chi connectivity index (χ1n) is 6.86. The van der Waals surface area contributed by atoms with E-state index in [-0.39, 0.29) is 17.1 Å². The molecular formula is C15H21FN2O. The average Bonchev–Trinajstić information content (AvgIpc) is 2.84. The van der Waals surface area contributed by atoms with Crippen LogP contribution in [0.2, 0.25) is 0 Å². The van der Waals surface area contributed by atoms with Gasteiger partial charge in [0.2, 0.25) is 5.91 Å². The number of amides is 1. The SMILES string of the molecule is CCCC1(C(=O)Nc2cc(F)ccc2C)CCNC1. The Bertz CT molecular complexity index is 467. The van der Waals surface area contributed by atoms with Crippen molar-refractivity contribution < 1.29 is 9.18 Å². The van der Waals surface area contributed by atoms with Crippen molar-refractivity contribution in [3.8, 4) is 0 Å². The van der Waals surface area contributed by atoms with Gasteiger partial charge in [0.05, 0.1) is 5.41 Å². The fourth-order valence-electron chi connectivity index (χ4n) is 2.73. The molecule has 2 N–H and O–H groups in total. The highest BCUT2D eigenvalue weighted by molar-refractivity contribution is 5.96. The number of carbonyl (C=O) groups excluding carboxylic acids is 1. The van der Waals surface area contributed by atoms with Crippen LogP contribution in [0.1, 0.15) is 31.7 Å². The van der Waals surface area contributed by atoms with E-state index in [9.17, 15) is 9.18 Å². The Hall–Kier alpha value is -1.42. The summed E-state index contributed by atoms with van der Waals surface area (Å²) in [6, 6.07) is 4.48. The number of halogens is 1. The lowest BCUT2D eigenvalue weighted by molar-refractivity contribution is -0.125. The Morgan fingerprint density at radius 1 is 1.53 bits per heavy atom. The van der Waals surface area contributed by atoms with Crippen molar-refractivity contribution in [2.75, 3.05) is 18.4 Å². The molecular weight excluding hydrogens is 243 g/mol. The molecule has 1 heterocycles. The molecule has 1 fully saturated rings. The molecule has 3 nitrogen and oxygen atoms in total. The number of benzene rings is 1. The third-order valence-electron chi connectivity index (χ3n) is 3.90. The number of aryl methyl sites for hydroxylation is 1. The minimum Gasteiger partial charge on any atom is -0.325 e. The molecule has 1 unspecified atom stereocenters. The number of rotatable bonds is 4. The predicted molar refractivity (Wildman–Crippen MR) is 74.6 cm³/mol. The molecule has 0 radical (unpaired) electrons. The van der Waals surface area contributed by atoms with Crippen molar-refractivity contribution in [1.29, 1.82) is 0 Å². The monoisotopic (exact) mass is 264 g/mol. The Morgan fingerprint density at radius 3 is 2.95 bits per heavy atom. The maximum Gasteiger partial charge on any atom is 0.231 e. The normalized spacial score (nSPS) is 22.5. The van der Waals surface area contributed by atoms with Crippen LogP contribution >= 0.6 is 0 Å². The summed E-state index contributed by atoms with van der Waals surface area (Å²) < 4.78 is 13.3. The Balaban J connectivity index is 2.17. The van der Waals surface area contributed by atoms with E-state index in [2.05, 4.69) is 17.6 Å². The van der Waals surface area contributed by atoms with Gasteiger partial charge in [0.15, 0.2) is 0 Å². The van der Waals surface area contributed by atoms with E-state index in [1.165, 1.54) is 12.1 Å². The molecule has 1 aromatic rings. The fourth-order valence-corrected chi connectivity index (χ4v) is 2.73. The zero-order valence-electron chi connectivity index (χ0n) is 11.6. The molecule has 19 heavy (non-hydrogen) atoms. The van der Waals surface area contributed by atoms with E-state index >= 15 is 0 Å². The summed E-state index contributed by atoms with van der Waals surface area (Å²) in [5.41, 5.74) is 1.12. The van der Waals surface area contributed by atoms with Gasteiger partial charge >= 0.3 is 0 Å². The summed E-state index contributed by atoms with van der Waals surface area (Å²) in [4.78, 5) is 12.5. The Kier molecular flexibility index (Phi) is 4.20. The summed E-state index contributed by atoms with van der Waals surface area (Å²) in [7, 11) is 0. The van der Waals surface area contributed by atoms with Crippen molar-refractivity contribution in [3.05, 3.63) is 29.6 Å². The standard InChI is InChI=1S/C15H21FN2O/c1-3-6-15(7-8-17-10-15)14(19)18-13-9-12(16)5-4-11(13)2/h4-5,9,17H,3,6-8,10H2,1-2H3,(H,18,19). The van der Waals surface area contributed by atoms with Gasteiger partial charge in [-0.3, -0.25) is 4.79 Å². The lowest BCUT2D eigenvalue weighted by atomic mass is 9.81. The molecule has 1 aliphatic rings. The van der Waals surface area contributed by atoms with Gasteiger partial charge in [-0.2, -0.15) is 0 Å². The van der Waals surface area contributed by atoms with Crippen LogP contribution in [0.25, 0.3) is 0 Å². The van der Waals surface area contributed by atoms with Crippen LogP contribution in [-0.4, -0.2) is 19.0 Å². The fraction of sp³-hybridized carbons (Fsp3) is 0.533. The molecule has 0 spiro atoms. The van der Waals surface area contributed by atoms with Gasteiger partial charge in [0, 0.05) is 12.2 Å². The van der Waals surface area contributed by atoms with E-state index in [4.69, 9.17) is 0 Å². The van der Waals surface area contributed by atoms with Crippen molar-refractivity contribution in [1.82, 2.24) is 5.32 Å². The second kappa shape index (κ2) is 5.70. The molecule has 0 bridgehead atoms. The van der Waals surface area contributed by atoms with Crippen LogP contribution in [-0.2, 0) is 4.79 Å². The molecule has 1 atom stereocenters. The highest BCUT2D eigenvalue weighted by Crippen LogP contribution is 2.33. The molecule has 0 saturated carbocycles. The Labute approximate surface area is 113 Å². The van der Waals surface area contributed by atoms with E-state index < -0.39 is 0 Å². The molecule has 4 heteroatoms. The van der Waals surface area contributed by atoms with Crippen LogP contribution in [0.15, 0.2) is 18.2 Å². The average molecular weight is 264 g/mol. The molecule has 1 saturated heterocycles. The molecule has 1 amide bonds. The first kappa shape index (κ1) is 14.0. The summed E-state index contributed by atoms with van der Waals surface area (Å²) >= 11 is 0. The maximum atomic E-state index is 13.3. The predicted octanol–water partition coefficient (Wildman–Crippen LogP) is 2.85. The van der Waals surface area contributed by atoms with E-state index in [1.807, 2.05) is 6.92 Å². The van der Waals surface area contributed by atoms with Crippen molar-refractivity contribution >= 4 is 11.6 Å². The first-order chi connectivity index (χ1) is 9.07. The molecule has 1 aliphatic heterocycles. The lowest BCUT2D eigenvalue weighted by Crippen LogP contribution is -2.38. The van der Waals surface area contributed by atoms with Gasteiger partial charge in [-0.05, 0) is 44.0 Å². The lowest BCUT2D eigenvalue weighted by Gasteiger charge is -2.26. The number of nitrogens with one attached hydrogen (secondary N) is 2. The summed E-state index contributed by atoms with van der Waals surface area (Å²) in [6.45, 7) is 5.53. The van der Waals surface area contributed by atoms with Crippen LogP contribution in [0.3, 0.4) is 0 Å². The molecule has 0 aromatic heterocycles. The molecule has 104 valence electrons. The van der Waals surface area contributed by atoms with Crippen LogP contribution in [0, 0.1) is 18.2 Å². The maximum absolute atomic E-state index is 13.3. The summed E-state index contributed by atoms with van der Waals surface area (Å²) in [5.74, 6) is -0.317. The third-order valence-corrected chi connectivity index (χ3v) is 3.90. The van der Waals surface area contributed by atoms with E-state index in [1.54, 1.807) is 6.07 Å². The van der Waals surface area contributed by atoms with Gasteiger partial charge in [0.25, 0.3) is 0 Å². The largest absolute Gasteiger partial charge is 0.325 e. The quantitative estimate of drug-likeness (QED) is 0.878. The Morgan fingerprint density at radius 2 is 2.32 bits per heavy atom. The van der Waals surface area contributed by atoms with Crippen molar-refractivity contribution in [3.63, 3.8) is 0 Å². The van der Waals surface area contributed by atoms with Crippen molar-refractivity contribution in [2.45, 2.75) is 33.1 Å². The second-order valence-electron chi connectivity index (χ2n) is 5.37. The van der Waals surface area contributed by atoms with E-state index in [0.717, 1.165) is 31.4 Å². The zero-order valence-corrected chi connectivity index (χ0v) is 11.6. The third kappa shape index (κ3) is 2.95. The van der Waals surface area contributed by atoms with Crippen LogP contribution in [0.4, 0.5) is 10.1 Å². The number of anilines is 1. The number of hydrogen-bond donors (Lipinski definition) is 2. The molecule has 0 aliphatic carbocycles. The van der Waals surface area contributed by atoms with Gasteiger partial charge < -0.3 is 10.6 Å². The smallest absolute Gasteiger partial charge is 0.231 e. The highest BCUT2D eigenvalue weighted by atomic mass is 19.1. The van der Waals surface area contributed by atoms with Crippen LogP contribution in [0.5, 0.6) is 0 Å². The first-order valence-corrected chi connectivity index (χ1v) is 6.86. The number of hydrogen-bond acceptors (Lipinski definition) is 2. The van der Waals surface area contributed by atoms with Crippen LogP contribution < -0.4 is 10.6 Å². The van der Waals surface area contributed by atoms with Gasteiger partial charge in [-0.25, -0.2) is 4.39 Å². The second-order valence-corrected chi connectivity index (χ2v) is 5.37. The minimum atomic E-state index is -0.340. The van der Waals surface area contributed by atoms with Gasteiger partial charge in [-0.15, -0.1) is 0 Å². The van der Waals surface area contributed by atoms with Gasteiger partial charge in [-0.1, -0.05) is 19.4 Å². The number of carbonyl (C=O) groups is 1.